The van der Waals surface area contributed by atoms with Crippen LogP contribution in [0.25, 0.3) is 0 Å². The Morgan fingerprint density at radius 3 is 2.43 bits per heavy atom. The summed E-state index contributed by atoms with van der Waals surface area (Å²) in [6, 6.07) is 15.8. The summed E-state index contributed by atoms with van der Waals surface area (Å²) in [5.41, 5.74) is 4.19. The molecule has 1 N–H and O–H groups in total. The largest absolute Gasteiger partial charge is 0.354 e. The highest BCUT2D eigenvalue weighted by Crippen LogP contribution is 2.22. The van der Waals surface area contributed by atoms with Gasteiger partial charge < -0.3 is 5.32 Å². The molecule has 0 atom stereocenters. The van der Waals surface area contributed by atoms with Crippen molar-refractivity contribution in [3.63, 3.8) is 0 Å². The highest BCUT2D eigenvalue weighted by atomic mass is 32.2. The molecular weight excluding hydrogens is 416 g/mol. The summed E-state index contributed by atoms with van der Waals surface area (Å²) >= 11 is 1.83. The zero-order valence-electron chi connectivity index (χ0n) is 18.2. The van der Waals surface area contributed by atoms with Crippen LogP contribution in [0, 0.1) is 6.92 Å². The number of aryl methyl sites for hydroxylation is 1. The van der Waals surface area contributed by atoms with E-state index < -0.39 is 10.0 Å². The van der Waals surface area contributed by atoms with Crippen LogP contribution in [0.4, 0.5) is 5.69 Å². The summed E-state index contributed by atoms with van der Waals surface area (Å²) in [5, 5.41) is 2.83. The number of benzene rings is 2. The van der Waals surface area contributed by atoms with Crippen LogP contribution in [0.1, 0.15) is 42.9 Å². The first kappa shape index (κ1) is 24.3. The first-order valence-electron chi connectivity index (χ1n) is 10.1. The Bertz CT molecular complexity index is 926. The van der Waals surface area contributed by atoms with E-state index in [-0.39, 0.29) is 12.5 Å². The molecule has 2 rings (SSSR count). The van der Waals surface area contributed by atoms with Crippen LogP contribution in [-0.4, -0.2) is 39.4 Å². The van der Waals surface area contributed by atoms with Gasteiger partial charge in [-0.1, -0.05) is 55.8 Å². The minimum Gasteiger partial charge on any atom is -0.354 e. The second-order valence-electron chi connectivity index (χ2n) is 7.76. The van der Waals surface area contributed by atoms with E-state index in [1.54, 1.807) is 12.1 Å². The summed E-state index contributed by atoms with van der Waals surface area (Å²) in [4.78, 5) is 12.3. The van der Waals surface area contributed by atoms with Crippen LogP contribution in [0.2, 0.25) is 0 Å². The van der Waals surface area contributed by atoms with Gasteiger partial charge in [-0.2, -0.15) is 11.8 Å². The van der Waals surface area contributed by atoms with Crippen molar-refractivity contribution < 1.29 is 13.2 Å². The summed E-state index contributed by atoms with van der Waals surface area (Å²) in [7, 11) is -3.55. The van der Waals surface area contributed by atoms with Crippen LogP contribution < -0.4 is 9.62 Å². The highest BCUT2D eigenvalue weighted by Gasteiger charge is 2.20. The van der Waals surface area contributed by atoms with Gasteiger partial charge in [0.2, 0.25) is 15.9 Å². The smallest absolute Gasteiger partial charge is 0.240 e. The molecule has 0 aliphatic carbocycles. The maximum absolute atomic E-state index is 12.3. The van der Waals surface area contributed by atoms with Crippen LogP contribution in [0.5, 0.6) is 0 Å². The standard InChI is InChI=1S/C23H32N2O3S2/c1-18(2)21-9-11-22(12-10-21)25(30(4,27)28)16-23(26)24-13-6-14-29-17-20-8-5-7-19(3)15-20/h5,7-12,15,18H,6,13-14,16-17H2,1-4H3,(H,24,26). The molecular formula is C23H32N2O3S2. The molecule has 0 fully saturated rings. The molecule has 0 unspecified atom stereocenters. The third-order valence-electron chi connectivity index (χ3n) is 4.67. The van der Waals surface area contributed by atoms with E-state index in [2.05, 4.69) is 50.4 Å². The molecule has 30 heavy (non-hydrogen) atoms. The van der Waals surface area contributed by atoms with Gasteiger partial charge >= 0.3 is 0 Å². The Labute approximate surface area is 185 Å². The van der Waals surface area contributed by atoms with E-state index in [4.69, 9.17) is 0 Å². The van der Waals surface area contributed by atoms with Crippen molar-refractivity contribution in [1.29, 1.82) is 0 Å². The molecule has 2 aromatic rings. The summed E-state index contributed by atoms with van der Waals surface area (Å²) < 4.78 is 25.6. The predicted octanol–water partition coefficient (Wildman–Crippen LogP) is 4.32. The number of carbonyl (C=O) groups is 1. The van der Waals surface area contributed by atoms with Crippen molar-refractivity contribution in [3.8, 4) is 0 Å². The molecule has 0 aromatic heterocycles. The number of nitrogens with one attached hydrogen (secondary N) is 1. The van der Waals surface area contributed by atoms with Gasteiger partial charge in [-0.25, -0.2) is 8.42 Å². The van der Waals surface area contributed by atoms with Gasteiger partial charge in [0.15, 0.2) is 0 Å². The van der Waals surface area contributed by atoms with Crippen LogP contribution >= 0.6 is 11.8 Å². The third-order valence-corrected chi connectivity index (χ3v) is 6.93. The Hall–Kier alpha value is -1.99. The van der Waals surface area contributed by atoms with Crippen molar-refractivity contribution in [2.45, 2.75) is 38.9 Å². The van der Waals surface area contributed by atoms with Crippen molar-refractivity contribution in [1.82, 2.24) is 5.32 Å². The molecule has 0 saturated heterocycles. The zero-order chi connectivity index (χ0) is 22.1. The topological polar surface area (TPSA) is 66.5 Å². The number of amides is 1. The predicted molar refractivity (Wildman–Crippen MR) is 128 cm³/mol. The van der Waals surface area contributed by atoms with E-state index in [1.807, 2.05) is 23.9 Å². The van der Waals surface area contributed by atoms with Crippen molar-refractivity contribution in [2.75, 3.05) is 29.4 Å². The molecule has 0 aliphatic rings. The Kier molecular flexibility index (Phi) is 9.24. The molecule has 1 amide bonds. The van der Waals surface area contributed by atoms with E-state index >= 15 is 0 Å². The maximum atomic E-state index is 12.3. The van der Waals surface area contributed by atoms with Crippen LogP contribution in [0.15, 0.2) is 48.5 Å². The fourth-order valence-electron chi connectivity index (χ4n) is 3.01. The average molecular weight is 449 g/mol. The summed E-state index contributed by atoms with van der Waals surface area (Å²) in [6.07, 6.45) is 1.96. The fourth-order valence-corrected chi connectivity index (χ4v) is 4.77. The van der Waals surface area contributed by atoms with Crippen molar-refractivity contribution >= 4 is 33.4 Å². The zero-order valence-corrected chi connectivity index (χ0v) is 19.9. The molecule has 5 nitrogen and oxygen atoms in total. The number of hydrogen-bond acceptors (Lipinski definition) is 4. The molecule has 0 spiro atoms. The molecule has 164 valence electrons. The first-order valence-corrected chi connectivity index (χ1v) is 13.1. The first-order chi connectivity index (χ1) is 14.2. The summed E-state index contributed by atoms with van der Waals surface area (Å²) in [5.74, 6) is 1.94. The normalized spacial score (nSPS) is 11.5. The molecule has 7 heteroatoms. The van der Waals surface area contributed by atoms with E-state index in [9.17, 15) is 13.2 Å². The minimum absolute atomic E-state index is 0.212. The lowest BCUT2D eigenvalue weighted by molar-refractivity contribution is -0.119. The fraction of sp³-hybridized carbons (Fsp3) is 0.435. The monoisotopic (exact) mass is 448 g/mol. The quantitative estimate of drug-likeness (QED) is 0.520. The van der Waals surface area contributed by atoms with Crippen LogP contribution in [-0.2, 0) is 20.6 Å². The number of nitrogens with zero attached hydrogens (tertiary/aromatic N) is 1. The SMILES string of the molecule is Cc1cccc(CSCCCNC(=O)CN(c2ccc(C(C)C)cc2)S(C)(=O)=O)c1. The number of sulfonamides is 1. The second kappa shape index (κ2) is 11.4. The Balaban J connectivity index is 1.79. The second-order valence-corrected chi connectivity index (χ2v) is 10.8. The van der Waals surface area contributed by atoms with Gasteiger partial charge in [0, 0.05) is 12.3 Å². The Morgan fingerprint density at radius 2 is 1.83 bits per heavy atom. The molecule has 0 bridgehead atoms. The number of anilines is 1. The lowest BCUT2D eigenvalue weighted by Gasteiger charge is -2.22. The van der Waals surface area contributed by atoms with Crippen molar-refractivity contribution in [2.24, 2.45) is 0 Å². The van der Waals surface area contributed by atoms with E-state index in [0.29, 0.717) is 18.2 Å². The highest BCUT2D eigenvalue weighted by molar-refractivity contribution is 7.98. The van der Waals surface area contributed by atoms with Crippen molar-refractivity contribution in [3.05, 3.63) is 65.2 Å². The third kappa shape index (κ3) is 8.03. The molecule has 0 heterocycles. The average Bonchev–Trinajstić information content (AvgIpc) is 2.68. The lowest BCUT2D eigenvalue weighted by Crippen LogP contribution is -2.40. The number of rotatable bonds is 11. The minimum atomic E-state index is -3.55. The van der Waals surface area contributed by atoms with Gasteiger partial charge in [0.25, 0.3) is 0 Å². The molecule has 0 radical (unpaired) electrons. The van der Waals surface area contributed by atoms with Gasteiger partial charge in [-0.3, -0.25) is 9.10 Å². The van der Waals surface area contributed by atoms with Gasteiger partial charge in [0.05, 0.1) is 11.9 Å². The number of hydrogen-bond donors (Lipinski definition) is 1. The number of carbonyl (C=O) groups excluding carboxylic acids is 1. The van der Waals surface area contributed by atoms with E-state index in [1.165, 1.54) is 11.1 Å². The molecule has 0 aliphatic heterocycles. The maximum Gasteiger partial charge on any atom is 0.240 e. The number of thioether (sulfide) groups is 1. The molecule has 2 aromatic carbocycles. The lowest BCUT2D eigenvalue weighted by atomic mass is 10.0. The van der Waals surface area contributed by atoms with E-state index in [0.717, 1.165) is 34.1 Å². The summed E-state index contributed by atoms with van der Waals surface area (Å²) in [6.45, 7) is 6.56. The van der Waals surface area contributed by atoms with Crippen LogP contribution in [0.3, 0.4) is 0 Å². The van der Waals surface area contributed by atoms with Gasteiger partial charge in [-0.05, 0) is 48.3 Å². The van der Waals surface area contributed by atoms with Gasteiger partial charge in [0.1, 0.15) is 6.54 Å². The Morgan fingerprint density at radius 1 is 1.13 bits per heavy atom. The molecule has 0 saturated carbocycles. The van der Waals surface area contributed by atoms with Gasteiger partial charge in [-0.15, -0.1) is 0 Å².